The van der Waals surface area contributed by atoms with Crippen LogP contribution in [0.2, 0.25) is 10.0 Å². The Morgan fingerprint density at radius 3 is 2.56 bits per heavy atom. The highest BCUT2D eigenvalue weighted by Crippen LogP contribution is 2.39. The zero-order chi connectivity index (χ0) is 17.4. The average molecular weight is 392 g/mol. The van der Waals surface area contributed by atoms with Gasteiger partial charge < -0.3 is 14.8 Å². The standard InChI is InChI=1S/C19H19Cl2N3S/c1-23-5-7-24(8-6-23)17-11-14(21)10-16-18(12-22-19(16)17)25-15-4-2-3-13(20)9-15/h2-4,9-12,22H,5-8H2,1H3. The molecule has 0 radical (unpaired) electrons. The summed E-state index contributed by atoms with van der Waals surface area (Å²) in [7, 11) is 2.17. The quantitative estimate of drug-likeness (QED) is 0.647. The van der Waals surface area contributed by atoms with Crippen LogP contribution in [-0.2, 0) is 0 Å². The van der Waals surface area contributed by atoms with Crippen LogP contribution in [0.1, 0.15) is 0 Å². The summed E-state index contributed by atoms with van der Waals surface area (Å²) in [6, 6.07) is 12.0. The summed E-state index contributed by atoms with van der Waals surface area (Å²) in [5, 5.41) is 2.68. The van der Waals surface area contributed by atoms with Crippen molar-refractivity contribution in [1.82, 2.24) is 9.88 Å². The van der Waals surface area contributed by atoms with E-state index in [9.17, 15) is 0 Å². The van der Waals surface area contributed by atoms with Gasteiger partial charge in [-0.1, -0.05) is 41.0 Å². The Morgan fingerprint density at radius 2 is 1.80 bits per heavy atom. The van der Waals surface area contributed by atoms with E-state index in [-0.39, 0.29) is 0 Å². The second-order valence-electron chi connectivity index (χ2n) is 6.35. The molecule has 0 bridgehead atoms. The average Bonchev–Trinajstić information content (AvgIpc) is 2.98. The van der Waals surface area contributed by atoms with Gasteiger partial charge in [0, 0.05) is 57.6 Å². The third-order valence-corrected chi connectivity index (χ3v) is 6.06. The van der Waals surface area contributed by atoms with Gasteiger partial charge in [0.15, 0.2) is 0 Å². The molecule has 4 rings (SSSR count). The van der Waals surface area contributed by atoms with Crippen molar-refractivity contribution in [2.45, 2.75) is 9.79 Å². The molecular weight excluding hydrogens is 373 g/mol. The topological polar surface area (TPSA) is 22.3 Å². The van der Waals surface area contributed by atoms with Crippen LogP contribution < -0.4 is 4.90 Å². The lowest BCUT2D eigenvalue weighted by atomic mass is 10.2. The predicted molar refractivity (Wildman–Crippen MR) is 109 cm³/mol. The van der Waals surface area contributed by atoms with Gasteiger partial charge in [0.05, 0.1) is 11.2 Å². The number of likely N-dealkylation sites (N-methyl/N-ethyl adjacent to an activating group) is 1. The summed E-state index contributed by atoms with van der Waals surface area (Å²) in [5.74, 6) is 0. The zero-order valence-electron chi connectivity index (χ0n) is 13.9. The second kappa shape index (κ2) is 7.12. The van der Waals surface area contributed by atoms with Gasteiger partial charge in [0.25, 0.3) is 0 Å². The molecular formula is C19H19Cl2N3S. The minimum Gasteiger partial charge on any atom is -0.367 e. The molecule has 6 heteroatoms. The summed E-state index contributed by atoms with van der Waals surface area (Å²) < 4.78 is 0. The first-order valence-corrected chi connectivity index (χ1v) is 9.85. The Labute approximate surface area is 161 Å². The first-order valence-electron chi connectivity index (χ1n) is 8.28. The molecule has 0 atom stereocenters. The highest BCUT2D eigenvalue weighted by Gasteiger charge is 2.19. The monoisotopic (exact) mass is 391 g/mol. The molecule has 0 spiro atoms. The molecule has 0 unspecified atom stereocenters. The van der Waals surface area contributed by atoms with E-state index in [1.54, 1.807) is 11.8 Å². The third kappa shape index (κ3) is 3.63. The lowest BCUT2D eigenvalue weighted by Crippen LogP contribution is -2.44. The van der Waals surface area contributed by atoms with Crippen molar-refractivity contribution in [1.29, 1.82) is 0 Å². The van der Waals surface area contributed by atoms with Crippen molar-refractivity contribution in [3.05, 3.63) is 52.6 Å². The summed E-state index contributed by atoms with van der Waals surface area (Å²) >= 11 is 14.3. The molecule has 1 N–H and O–H groups in total. The van der Waals surface area contributed by atoms with Crippen molar-refractivity contribution < 1.29 is 0 Å². The van der Waals surface area contributed by atoms with E-state index in [0.29, 0.717) is 0 Å². The highest BCUT2D eigenvalue weighted by atomic mass is 35.5. The van der Waals surface area contributed by atoms with Crippen molar-refractivity contribution in [2.75, 3.05) is 38.1 Å². The molecule has 25 heavy (non-hydrogen) atoms. The molecule has 0 saturated carbocycles. The number of hydrogen-bond donors (Lipinski definition) is 1. The third-order valence-electron chi connectivity index (χ3n) is 4.56. The van der Waals surface area contributed by atoms with Gasteiger partial charge in [-0.2, -0.15) is 0 Å². The molecule has 3 nitrogen and oxygen atoms in total. The molecule has 130 valence electrons. The fourth-order valence-corrected chi connectivity index (χ4v) is 4.64. The molecule has 1 aliphatic rings. The van der Waals surface area contributed by atoms with Crippen molar-refractivity contribution in [3.8, 4) is 0 Å². The van der Waals surface area contributed by atoms with Gasteiger partial charge in [-0.05, 0) is 37.4 Å². The number of rotatable bonds is 3. The molecule has 1 aromatic heterocycles. The number of hydrogen-bond acceptors (Lipinski definition) is 3. The van der Waals surface area contributed by atoms with Crippen LogP contribution in [0.25, 0.3) is 10.9 Å². The number of fused-ring (bicyclic) bond motifs is 1. The molecule has 0 aliphatic carbocycles. The molecule has 1 aliphatic heterocycles. The van der Waals surface area contributed by atoms with Crippen LogP contribution in [-0.4, -0.2) is 43.1 Å². The lowest BCUT2D eigenvalue weighted by molar-refractivity contribution is 0.313. The highest BCUT2D eigenvalue weighted by molar-refractivity contribution is 7.99. The van der Waals surface area contributed by atoms with Crippen LogP contribution in [0.3, 0.4) is 0 Å². The number of aromatic amines is 1. The maximum Gasteiger partial charge on any atom is 0.0704 e. The smallest absolute Gasteiger partial charge is 0.0704 e. The predicted octanol–water partition coefficient (Wildman–Crippen LogP) is 5.38. The van der Waals surface area contributed by atoms with Gasteiger partial charge in [-0.3, -0.25) is 0 Å². The van der Waals surface area contributed by atoms with E-state index in [1.165, 1.54) is 5.69 Å². The number of piperazine rings is 1. The van der Waals surface area contributed by atoms with Gasteiger partial charge in [-0.15, -0.1) is 0 Å². The Morgan fingerprint density at radius 1 is 1.00 bits per heavy atom. The molecule has 0 amide bonds. The van der Waals surface area contributed by atoms with Crippen LogP contribution in [0, 0.1) is 0 Å². The largest absolute Gasteiger partial charge is 0.367 e. The minimum atomic E-state index is 0.751. The van der Waals surface area contributed by atoms with E-state index in [1.807, 2.05) is 24.3 Å². The minimum absolute atomic E-state index is 0.751. The molecule has 2 aromatic carbocycles. The molecule has 1 fully saturated rings. The lowest BCUT2D eigenvalue weighted by Gasteiger charge is -2.34. The second-order valence-corrected chi connectivity index (χ2v) is 8.34. The summed E-state index contributed by atoms with van der Waals surface area (Å²) in [6.07, 6.45) is 2.06. The first-order chi connectivity index (χ1) is 12.1. The fraction of sp³-hybridized carbons (Fsp3) is 0.263. The fourth-order valence-electron chi connectivity index (χ4n) is 3.19. The van der Waals surface area contributed by atoms with Crippen molar-refractivity contribution >= 4 is 51.6 Å². The summed E-state index contributed by atoms with van der Waals surface area (Å²) in [6.45, 7) is 4.17. The van der Waals surface area contributed by atoms with E-state index in [4.69, 9.17) is 23.2 Å². The zero-order valence-corrected chi connectivity index (χ0v) is 16.3. The van der Waals surface area contributed by atoms with E-state index >= 15 is 0 Å². The number of benzene rings is 2. The van der Waals surface area contributed by atoms with Crippen LogP contribution in [0.5, 0.6) is 0 Å². The number of nitrogens with one attached hydrogen (secondary N) is 1. The number of nitrogens with zero attached hydrogens (tertiary/aromatic N) is 2. The Kier molecular flexibility index (Phi) is 4.87. The number of aromatic nitrogens is 1. The maximum atomic E-state index is 6.45. The van der Waals surface area contributed by atoms with Gasteiger partial charge in [-0.25, -0.2) is 0 Å². The number of halogens is 2. The molecule has 3 aromatic rings. The first kappa shape index (κ1) is 17.1. The Balaban J connectivity index is 1.71. The number of anilines is 1. The summed E-state index contributed by atoms with van der Waals surface area (Å²) in [5.41, 5.74) is 2.34. The van der Waals surface area contributed by atoms with Crippen LogP contribution in [0.4, 0.5) is 5.69 Å². The number of H-pyrrole nitrogens is 1. The molecule has 2 heterocycles. The Bertz CT molecular complexity index is 901. The van der Waals surface area contributed by atoms with Crippen LogP contribution >= 0.6 is 35.0 Å². The van der Waals surface area contributed by atoms with E-state index in [2.05, 4.69) is 40.2 Å². The van der Waals surface area contributed by atoms with E-state index < -0.39 is 0 Å². The Hall–Kier alpha value is -1.33. The van der Waals surface area contributed by atoms with Crippen molar-refractivity contribution in [3.63, 3.8) is 0 Å². The summed E-state index contributed by atoms with van der Waals surface area (Å²) in [4.78, 5) is 10.5. The maximum absolute atomic E-state index is 6.45. The van der Waals surface area contributed by atoms with Crippen LogP contribution in [0.15, 0.2) is 52.4 Å². The van der Waals surface area contributed by atoms with Gasteiger partial charge >= 0.3 is 0 Å². The van der Waals surface area contributed by atoms with Gasteiger partial charge in [0.2, 0.25) is 0 Å². The van der Waals surface area contributed by atoms with Crippen molar-refractivity contribution in [2.24, 2.45) is 0 Å². The SMILES string of the molecule is CN1CCN(c2cc(Cl)cc3c(Sc4cccc(Cl)c4)c[nH]c23)CC1. The van der Waals surface area contributed by atoms with E-state index in [0.717, 1.165) is 56.9 Å². The molecule has 1 saturated heterocycles. The van der Waals surface area contributed by atoms with Gasteiger partial charge in [0.1, 0.15) is 0 Å². The normalized spacial score (nSPS) is 15.9.